The molecule has 1 saturated carbocycles. The lowest BCUT2D eigenvalue weighted by Crippen LogP contribution is -2.55. The third kappa shape index (κ3) is 3.75. The highest BCUT2D eigenvalue weighted by molar-refractivity contribution is 6.07. The first kappa shape index (κ1) is 21.0. The standard InChI is InChI=1S/C21H27F3N4O2/c1-15-5-2-3-8-20(15)18(29)28(19(30)25-20)14-26-9-11-27(12-10-26)17-7-4-6-16(13-17)21(22,23)24/h4,6-7,13,15H,2-3,5,8-12,14H2,1H3,(H,25,30)/t15-,20+/m1/s1. The number of hydrogen-bond donors (Lipinski definition) is 1. The number of carbonyl (C=O) groups excluding carboxylic acids is 2. The molecule has 3 amide bonds. The van der Waals surface area contributed by atoms with E-state index in [1.807, 2.05) is 16.7 Å². The normalized spacial score (nSPS) is 28.3. The van der Waals surface area contributed by atoms with Gasteiger partial charge in [-0.1, -0.05) is 25.8 Å². The maximum absolute atomic E-state index is 13.1. The second kappa shape index (κ2) is 7.76. The molecule has 0 unspecified atom stereocenters. The van der Waals surface area contributed by atoms with Gasteiger partial charge in [-0.05, 0) is 37.0 Å². The van der Waals surface area contributed by atoms with Gasteiger partial charge in [0.2, 0.25) is 0 Å². The quantitative estimate of drug-likeness (QED) is 0.757. The highest BCUT2D eigenvalue weighted by Crippen LogP contribution is 2.38. The van der Waals surface area contributed by atoms with Crippen LogP contribution >= 0.6 is 0 Å². The minimum atomic E-state index is -4.37. The summed E-state index contributed by atoms with van der Waals surface area (Å²) in [5.41, 5.74) is -0.891. The molecule has 3 fully saturated rings. The minimum Gasteiger partial charge on any atom is -0.369 e. The summed E-state index contributed by atoms with van der Waals surface area (Å²) >= 11 is 0. The van der Waals surface area contributed by atoms with Gasteiger partial charge in [0.1, 0.15) is 5.54 Å². The molecular weight excluding hydrogens is 397 g/mol. The lowest BCUT2D eigenvalue weighted by atomic mass is 9.73. The van der Waals surface area contributed by atoms with Gasteiger partial charge in [0.15, 0.2) is 0 Å². The van der Waals surface area contributed by atoms with Gasteiger partial charge in [0.05, 0.1) is 12.2 Å². The number of nitrogens with one attached hydrogen (secondary N) is 1. The van der Waals surface area contributed by atoms with E-state index >= 15 is 0 Å². The molecule has 2 atom stereocenters. The molecule has 4 rings (SSSR count). The minimum absolute atomic E-state index is 0.116. The van der Waals surface area contributed by atoms with E-state index in [0.29, 0.717) is 38.3 Å². The van der Waals surface area contributed by atoms with Gasteiger partial charge in [0.25, 0.3) is 5.91 Å². The second-order valence-electron chi connectivity index (χ2n) is 8.58. The van der Waals surface area contributed by atoms with Crippen LogP contribution in [0.4, 0.5) is 23.7 Å². The summed E-state index contributed by atoms with van der Waals surface area (Å²) in [5.74, 6) is -0.0227. The molecule has 1 spiro atoms. The zero-order valence-electron chi connectivity index (χ0n) is 17.0. The van der Waals surface area contributed by atoms with Gasteiger partial charge in [-0.15, -0.1) is 0 Å². The van der Waals surface area contributed by atoms with Gasteiger partial charge in [-0.3, -0.25) is 9.69 Å². The number of piperazine rings is 1. The first-order valence-corrected chi connectivity index (χ1v) is 10.5. The van der Waals surface area contributed by atoms with E-state index < -0.39 is 17.3 Å². The topological polar surface area (TPSA) is 55.9 Å². The molecule has 1 aromatic rings. The van der Waals surface area contributed by atoms with E-state index in [0.717, 1.165) is 25.3 Å². The van der Waals surface area contributed by atoms with Crippen molar-refractivity contribution < 1.29 is 22.8 Å². The number of anilines is 1. The van der Waals surface area contributed by atoms with E-state index in [1.165, 1.54) is 17.0 Å². The van der Waals surface area contributed by atoms with Gasteiger partial charge in [-0.2, -0.15) is 13.2 Å². The lowest BCUT2D eigenvalue weighted by molar-refractivity contribution is -0.137. The lowest BCUT2D eigenvalue weighted by Gasteiger charge is -2.38. The third-order valence-corrected chi connectivity index (χ3v) is 6.75. The Hall–Kier alpha value is -2.29. The average molecular weight is 424 g/mol. The molecule has 3 aliphatic rings. The number of nitrogens with zero attached hydrogens (tertiary/aromatic N) is 3. The van der Waals surface area contributed by atoms with Crippen LogP contribution < -0.4 is 10.2 Å². The second-order valence-corrected chi connectivity index (χ2v) is 8.58. The summed E-state index contributed by atoms with van der Waals surface area (Å²) < 4.78 is 38.9. The van der Waals surface area contributed by atoms with Crippen molar-refractivity contribution in [3.63, 3.8) is 0 Å². The fraction of sp³-hybridized carbons (Fsp3) is 0.619. The molecule has 6 nitrogen and oxygen atoms in total. The summed E-state index contributed by atoms with van der Waals surface area (Å²) in [4.78, 5) is 30.9. The summed E-state index contributed by atoms with van der Waals surface area (Å²) in [6.45, 7) is 4.44. The van der Waals surface area contributed by atoms with Crippen LogP contribution in [0.1, 0.15) is 38.2 Å². The number of urea groups is 1. The predicted molar refractivity (Wildman–Crippen MR) is 106 cm³/mol. The van der Waals surface area contributed by atoms with Gasteiger partial charge in [-0.25, -0.2) is 9.69 Å². The largest absolute Gasteiger partial charge is 0.416 e. The molecule has 0 radical (unpaired) electrons. The van der Waals surface area contributed by atoms with Crippen molar-refractivity contribution in [1.29, 1.82) is 0 Å². The Bertz CT molecular complexity index is 823. The summed E-state index contributed by atoms with van der Waals surface area (Å²) in [5, 5.41) is 2.96. The Kier molecular flexibility index (Phi) is 5.42. The van der Waals surface area contributed by atoms with Crippen molar-refractivity contribution in [2.24, 2.45) is 5.92 Å². The number of hydrogen-bond acceptors (Lipinski definition) is 4. The Morgan fingerprint density at radius 2 is 1.87 bits per heavy atom. The van der Waals surface area contributed by atoms with Gasteiger partial charge >= 0.3 is 12.2 Å². The van der Waals surface area contributed by atoms with Crippen LogP contribution in [0.5, 0.6) is 0 Å². The maximum Gasteiger partial charge on any atom is 0.416 e. The Labute approximate surface area is 174 Å². The number of alkyl halides is 3. The molecule has 164 valence electrons. The molecule has 2 saturated heterocycles. The van der Waals surface area contributed by atoms with Crippen molar-refractivity contribution in [1.82, 2.24) is 15.1 Å². The van der Waals surface area contributed by atoms with Crippen LogP contribution in [0.15, 0.2) is 24.3 Å². The van der Waals surface area contributed by atoms with Crippen LogP contribution in [0.25, 0.3) is 0 Å². The Morgan fingerprint density at radius 1 is 1.13 bits per heavy atom. The molecule has 1 aromatic carbocycles. The van der Waals surface area contributed by atoms with Crippen LogP contribution in [0, 0.1) is 5.92 Å². The highest BCUT2D eigenvalue weighted by Gasteiger charge is 2.55. The molecule has 30 heavy (non-hydrogen) atoms. The molecule has 0 aromatic heterocycles. The van der Waals surface area contributed by atoms with Crippen molar-refractivity contribution in [3.8, 4) is 0 Å². The molecule has 2 aliphatic heterocycles. The fourth-order valence-electron chi connectivity index (χ4n) is 4.85. The molecule has 1 aliphatic carbocycles. The fourth-order valence-corrected chi connectivity index (χ4v) is 4.85. The van der Waals surface area contributed by atoms with E-state index in [4.69, 9.17) is 0 Å². The van der Waals surface area contributed by atoms with Crippen molar-refractivity contribution in [2.75, 3.05) is 37.7 Å². The van der Waals surface area contributed by atoms with Gasteiger partial charge in [0, 0.05) is 31.9 Å². The molecule has 2 heterocycles. The summed E-state index contributed by atoms with van der Waals surface area (Å²) in [6, 6.07) is 4.99. The van der Waals surface area contributed by atoms with Crippen molar-refractivity contribution >= 4 is 17.6 Å². The van der Waals surface area contributed by atoms with E-state index in [1.54, 1.807) is 6.07 Å². The Balaban J connectivity index is 1.37. The number of rotatable bonds is 3. The number of imide groups is 1. The van der Waals surface area contributed by atoms with E-state index in [9.17, 15) is 22.8 Å². The maximum atomic E-state index is 13.1. The van der Waals surface area contributed by atoms with Crippen LogP contribution in [0.2, 0.25) is 0 Å². The smallest absolute Gasteiger partial charge is 0.369 e. The first-order chi connectivity index (χ1) is 14.2. The number of halogens is 3. The predicted octanol–water partition coefficient (Wildman–Crippen LogP) is 3.29. The van der Waals surface area contributed by atoms with Crippen LogP contribution in [-0.4, -0.2) is 60.1 Å². The number of carbonyl (C=O) groups is 2. The van der Waals surface area contributed by atoms with Gasteiger partial charge < -0.3 is 10.2 Å². The molecule has 9 heteroatoms. The number of benzene rings is 1. The first-order valence-electron chi connectivity index (χ1n) is 10.5. The summed E-state index contributed by atoms with van der Waals surface area (Å²) in [6.07, 6.45) is -0.759. The third-order valence-electron chi connectivity index (χ3n) is 6.75. The summed E-state index contributed by atoms with van der Waals surface area (Å²) in [7, 11) is 0. The van der Waals surface area contributed by atoms with Crippen LogP contribution in [-0.2, 0) is 11.0 Å². The zero-order chi connectivity index (χ0) is 21.5. The SMILES string of the molecule is C[C@@H]1CCCC[C@]12NC(=O)N(CN1CCN(c3cccc(C(F)(F)F)c3)CC1)C2=O. The monoisotopic (exact) mass is 424 g/mol. The Morgan fingerprint density at radius 3 is 2.53 bits per heavy atom. The molecule has 0 bridgehead atoms. The van der Waals surface area contributed by atoms with Crippen molar-refractivity contribution in [2.45, 2.75) is 44.3 Å². The molecule has 1 N–H and O–H groups in total. The average Bonchev–Trinajstić information content (AvgIpc) is 2.95. The highest BCUT2D eigenvalue weighted by atomic mass is 19.4. The van der Waals surface area contributed by atoms with Crippen molar-refractivity contribution in [3.05, 3.63) is 29.8 Å². The van der Waals surface area contributed by atoms with E-state index in [2.05, 4.69) is 5.32 Å². The van der Waals surface area contributed by atoms with E-state index in [-0.39, 0.29) is 24.5 Å². The molecular formula is C21H27F3N4O2. The zero-order valence-corrected chi connectivity index (χ0v) is 17.0. The van der Waals surface area contributed by atoms with Crippen LogP contribution in [0.3, 0.4) is 0 Å². The number of amides is 3.